The molecule has 1 atom stereocenters. The van der Waals surface area contributed by atoms with E-state index in [1.54, 1.807) is 24.3 Å². The van der Waals surface area contributed by atoms with Crippen LogP contribution in [-0.4, -0.2) is 29.3 Å². The monoisotopic (exact) mass is 291 g/mol. The van der Waals surface area contributed by atoms with Gasteiger partial charge in [-0.15, -0.1) is 0 Å². The number of aromatic nitrogens is 2. The molecule has 1 unspecified atom stereocenters. The Labute approximate surface area is 116 Å². The van der Waals surface area contributed by atoms with Crippen molar-refractivity contribution in [2.75, 3.05) is 6.26 Å². The van der Waals surface area contributed by atoms with Crippen molar-refractivity contribution in [3.05, 3.63) is 47.8 Å². The fourth-order valence-corrected chi connectivity index (χ4v) is 2.65. The number of hydrogen-bond donors (Lipinski definition) is 1. The van der Waals surface area contributed by atoms with Crippen LogP contribution in [0.4, 0.5) is 0 Å². The normalized spacial score (nSPS) is 12.8. The molecule has 104 valence electrons. The Morgan fingerprint density at radius 2 is 2.05 bits per heavy atom. The molecule has 0 bridgehead atoms. The van der Waals surface area contributed by atoms with E-state index >= 15 is 0 Å². The maximum Gasteiger partial charge on any atom is 0.227 e. The molecular formula is C13H13N3O3S. The van der Waals surface area contributed by atoms with Crippen molar-refractivity contribution in [1.82, 2.24) is 9.55 Å². The second-order valence-electron chi connectivity index (χ2n) is 4.38. The number of rotatable bonds is 4. The van der Waals surface area contributed by atoms with Gasteiger partial charge in [-0.1, -0.05) is 12.1 Å². The third-order valence-corrected chi connectivity index (χ3v) is 3.81. The zero-order valence-electron chi connectivity index (χ0n) is 10.8. The van der Waals surface area contributed by atoms with Crippen LogP contribution < -0.4 is 0 Å². The average Bonchev–Trinajstić information content (AvgIpc) is 2.87. The zero-order valence-corrected chi connectivity index (χ0v) is 11.6. The average molecular weight is 291 g/mol. The Morgan fingerprint density at radius 1 is 1.40 bits per heavy atom. The highest BCUT2D eigenvalue weighted by molar-refractivity contribution is 7.90. The molecule has 0 amide bonds. The minimum atomic E-state index is -3.43. The summed E-state index contributed by atoms with van der Waals surface area (Å²) in [6.45, 7) is 0.0777. The minimum Gasteiger partial charge on any atom is -0.387 e. The first-order valence-corrected chi connectivity index (χ1v) is 7.70. The highest BCUT2D eigenvalue weighted by atomic mass is 32.2. The van der Waals surface area contributed by atoms with E-state index in [-0.39, 0.29) is 11.7 Å². The lowest BCUT2D eigenvalue weighted by Crippen LogP contribution is -2.14. The number of hydrogen-bond acceptors (Lipinski definition) is 5. The van der Waals surface area contributed by atoms with Gasteiger partial charge in [-0.3, -0.25) is 0 Å². The summed E-state index contributed by atoms with van der Waals surface area (Å²) in [4.78, 5) is 3.78. The molecule has 0 spiro atoms. The lowest BCUT2D eigenvalue weighted by Gasteiger charge is -2.13. The molecule has 1 N–H and O–H groups in total. The summed E-state index contributed by atoms with van der Waals surface area (Å²) in [5, 5.41) is 18.8. The van der Waals surface area contributed by atoms with Crippen LogP contribution in [0.25, 0.3) is 0 Å². The topological polar surface area (TPSA) is 96.0 Å². The van der Waals surface area contributed by atoms with Crippen LogP contribution in [0.15, 0.2) is 41.8 Å². The zero-order chi connectivity index (χ0) is 14.8. The summed E-state index contributed by atoms with van der Waals surface area (Å²) in [5.74, 6) is 0. The number of aliphatic hydroxyl groups is 1. The van der Waals surface area contributed by atoms with Crippen molar-refractivity contribution in [1.29, 1.82) is 5.26 Å². The van der Waals surface area contributed by atoms with Gasteiger partial charge in [-0.25, -0.2) is 13.4 Å². The van der Waals surface area contributed by atoms with Gasteiger partial charge < -0.3 is 9.67 Å². The fraction of sp³-hybridized carbons (Fsp3) is 0.231. The van der Waals surface area contributed by atoms with E-state index in [9.17, 15) is 13.5 Å². The molecule has 1 aromatic heterocycles. The van der Waals surface area contributed by atoms with Gasteiger partial charge in [0.25, 0.3) is 0 Å². The van der Waals surface area contributed by atoms with Crippen LogP contribution in [0.3, 0.4) is 0 Å². The molecule has 0 saturated carbocycles. The van der Waals surface area contributed by atoms with Gasteiger partial charge in [-0.2, -0.15) is 5.26 Å². The number of benzene rings is 1. The summed E-state index contributed by atoms with van der Waals surface area (Å²) >= 11 is 0. The Bertz CT molecular complexity index is 742. The first-order valence-electron chi connectivity index (χ1n) is 5.81. The highest BCUT2D eigenvalue weighted by Gasteiger charge is 2.17. The molecular weight excluding hydrogens is 278 g/mol. The number of sulfone groups is 1. The summed E-state index contributed by atoms with van der Waals surface area (Å²) in [7, 11) is -3.43. The second-order valence-corrected chi connectivity index (χ2v) is 6.29. The molecule has 1 heterocycles. The van der Waals surface area contributed by atoms with Gasteiger partial charge in [0, 0.05) is 18.6 Å². The molecule has 0 saturated heterocycles. The van der Waals surface area contributed by atoms with Crippen LogP contribution in [0, 0.1) is 11.3 Å². The molecule has 0 aliphatic heterocycles. The molecule has 6 nitrogen and oxygen atoms in total. The standard InChI is InChI=1S/C13H13N3O3S/c1-20(18,19)13-15-6-7-16(13)9-12(17)11-4-2-10(8-14)3-5-11/h2-7,12,17H,9H2,1H3. The van der Waals surface area contributed by atoms with Crippen LogP contribution in [0.1, 0.15) is 17.2 Å². The van der Waals surface area contributed by atoms with Crippen LogP contribution in [0.2, 0.25) is 0 Å². The third kappa shape index (κ3) is 3.04. The van der Waals surface area contributed by atoms with Crippen LogP contribution in [0.5, 0.6) is 0 Å². The van der Waals surface area contributed by atoms with Gasteiger partial charge >= 0.3 is 0 Å². The van der Waals surface area contributed by atoms with E-state index in [1.165, 1.54) is 17.0 Å². The highest BCUT2D eigenvalue weighted by Crippen LogP contribution is 2.17. The first kappa shape index (κ1) is 14.2. The Balaban J connectivity index is 2.22. The predicted molar refractivity (Wildman–Crippen MR) is 71.5 cm³/mol. The Morgan fingerprint density at radius 3 is 2.60 bits per heavy atom. The molecule has 0 aliphatic carbocycles. The molecule has 0 radical (unpaired) electrons. The lowest BCUT2D eigenvalue weighted by molar-refractivity contribution is 0.153. The van der Waals surface area contributed by atoms with Gasteiger partial charge in [0.1, 0.15) is 0 Å². The minimum absolute atomic E-state index is 0.0777. The van der Waals surface area contributed by atoms with Gasteiger partial charge in [0.2, 0.25) is 15.0 Å². The van der Waals surface area contributed by atoms with Crippen molar-refractivity contribution >= 4 is 9.84 Å². The van der Waals surface area contributed by atoms with E-state index in [0.717, 1.165) is 6.26 Å². The van der Waals surface area contributed by atoms with Crippen molar-refractivity contribution in [2.45, 2.75) is 17.8 Å². The maximum atomic E-state index is 11.5. The molecule has 2 aromatic rings. The van der Waals surface area contributed by atoms with Crippen molar-refractivity contribution in [3.8, 4) is 6.07 Å². The molecule has 7 heteroatoms. The summed E-state index contributed by atoms with van der Waals surface area (Å²) in [6.07, 6.45) is 3.07. The molecule has 0 fully saturated rings. The summed E-state index contributed by atoms with van der Waals surface area (Å²) < 4.78 is 24.4. The molecule has 20 heavy (non-hydrogen) atoms. The van der Waals surface area contributed by atoms with Crippen molar-refractivity contribution < 1.29 is 13.5 Å². The second kappa shape index (κ2) is 5.45. The molecule has 2 rings (SSSR count). The van der Waals surface area contributed by atoms with E-state index in [2.05, 4.69) is 4.98 Å². The molecule has 1 aromatic carbocycles. The maximum absolute atomic E-state index is 11.5. The number of nitriles is 1. The Hall–Kier alpha value is -2.17. The molecule has 0 aliphatic rings. The van der Waals surface area contributed by atoms with E-state index < -0.39 is 15.9 Å². The van der Waals surface area contributed by atoms with Gasteiger partial charge in [0.15, 0.2) is 0 Å². The predicted octanol–water partition coefficient (Wildman–Crippen LogP) is 0.892. The quantitative estimate of drug-likeness (QED) is 0.902. The third-order valence-electron chi connectivity index (χ3n) is 2.80. The number of aliphatic hydroxyl groups excluding tert-OH is 1. The first-order chi connectivity index (χ1) is 9.41. The van der Waals surface area contributed by atoms with E-state index in [4.69, 9.17) is 5.26 Å². The van der Waals surface area contributed by atoms with Gasteiger partial charge in [0.05, 0.1) is 24.3 Å². The van der Waals surface area contributed by atoms with Gasteiger partial charge in [-0.05, 0) is 17.7 Å². The van der Waals surface area contributed by atoms with Crippen molar-refractivity contribution in [3.63, 3.8) is 0 Å². The lowest BCUT2D eigenvalue weighted by atomic mass is 10.1. The van der Waals surface area contributed by atoms with Crippen LogP contribution >= 0.6 is 0 Å². The largest absolute Gasteiger partial charge is 0.387 e. The van der Waals surface area contributed by atoms with Crippen LogP contribution in [-0.2, 0) is 16.4 Å². The summed E-state index contributed by atoms with van der Waals surface area (Å²) in [6, 6.07) is 8.47. The smallest absolute Gasteiger partial charge is 0.227 e. The fourth-order valence-electron chi connectivity index (χ4n) is 1.83. The SMILES string of the molecule is CS(=O)(=O)c1nccn1CC(O)c1ccc(C#N)cc1. The van der Waals surface area contributed by atoms with E-state index in [1.807, 2.05) is 6.07 Å². The Kier molecular flexibility index (Phi) is 3.88. The summed E-state index contributed by atoms with van der Waals surface area (Å²) in [5.41, 5.74) is 1.11. The van der Waals surface area contributed by atoms with Crippen molar-refractivity contribution in [2.24, 2.45) is 0 Å². The number of imidazole rings is 1. The van der Waals surface area contributed by atoms with E-state index in [0.29, 0.717) is 11.1 Å². The number of nitrogens with zero attached hydrogens (tertiary/aromatic N) is 3.